The van der Waals surface area contributed by atoms with Crippen molar-refractivity contribution in [2.24, 2.45) is 0 Å². The Morgan fingerprint density at radius 2 is 1.87 bits per heavy atom. The highest BCUT2D eigenvalue weighted by Gasteiger charge is 2.21. The molecule has 160 valence electrons. The van der Waals surface area contributed by atoms with Gasteiger partial charge in [0, 0.05) is 6.54 Å². The zero-order valence-electron chi connectivity index (χ0n) is 17.9. The third-order valence-electron chi connectivity index (χ3n) is 4.79. The Kier molecular flexibility index (Phi) is 7.39. The van der Waals surface area contributed by atoms with Gasteiger partial charge in [-0.1, -0.05) is 43.4 Å². The lowest BCUT2D eigenvalue weighted by atomic mass is 10.0. The summed E-state index contributed by atoms with van der Waals surface area (Å²) >= 11 is 1.32. The van der Waals surface area contributed by atoms with Crippen LogP contribution < -0.4 is 9.64 Å². The standard InChI is InChI=1S/C23H28FN3O2S/c1-16(2)17-9-11-18(12-10-17)29-15-21(28)27(14-6-13-26(3)4)23-25-22-19(24)7-5-8-20(22)30-23/h5,7-12,16H,6,13-15H2,1-4H3. The monoisotopic (exact) mass is 429 g/mol. The molecule has 3 aromatic rings. The smallest absolute Gasteiger partial charge is 0.266 e. The molecule has 7 heteroatoms. The number of hydrogen-bond donors (Lipinski definition) is 0. The van der Waals surface area contributed by atoms with E-state index in [0.717, 1.165) is 17.7 Å². The predicted octanol–water partition coefficient (Wildman–Crippen LogP) is 4.92. The number of nitrogens with zero attached hydrogens (tertiary/aromatic N) is 3. The van der Waals surface area contributed by atoms with Crippen LogP contribution in [0.3, 0.4) is 0 Å². The molecule has 0 atom stereocenters. The second kappa shape index (κ2) is 10.00. The van der Waals surface area contributed by atoms with Crippen LogP contribution in [0, 0.1) is 5.82 Å². The largest absolute Gasteiger partial charge is 0.484 e. The minimum atomic E-state index is -0.378. The Labute approximate surface area is 181 Å². The van der Waals surface area contributed by atoms with Crippen molar-refractivity contribution in [2.45, 2.75) is 26.2 Å². The number of carbonyl (C=O) groups excluding carboxylic acids is 1. The highest BCUT2D eigenvalue weighted by atomic mass is 32.1. The molecule has 30 heavy (non-hydrogen) atoms. The molecule has 0 N–H and O–H groups in total. The SMILES string of the molecule is CC(C)c1ccc(OCC(=O)N(CCCN(C)C)c2nc3c(F)cccc3s2)cc1. The van der Waals surface area contributed by atoms with Gasteiger partial charge in [0.1, 0.15) is 17.1 Å². The van der Waals surface area contributed by atoms with Gasteiger partial charge >= 0.3 is 0 Å². The van der Waals surface area contributed by atoms with Gasteiger partial charge in [-0.15, -0.1) is 0 Å². The number of ether oxygens (including phenoxy) is 1. The van der Waals surface area contributed by atoms with E-state index in [0.29, 0.717) is 28.9 Å². The van der Waals surface area contributed by atoms with Crippen LogP contribution in [0.2, 0.25) is 0 Å². The first kappa shape index (κ1) is 22.2. The molecule has 1 aromatic heterocycles. The molecule has 0 aliphatic heterocycles. The van der Waals surface area contributed by atoms with Crippen LogP contribution >= 0.6 is 11.3 Å². The third-order valence-corrected chi connectivity index (χ3v) is 5.83. The first-order valence-corrected chi connectivity index (χ1v) is 10.9. The molecule has 0 fully saturated rings. The second-order valence-electron chi connectivity index (χ2n) is 7.80. The molecule has 0 radical (unpaired) electrons. The van der Waals surface area contributed by atoms with Gasteiger partial charge in [-0.3, -0.25) is 9.69 Å². The van der Waals surface area contributed by atoms with Crippen molar-refractivity contribution in [2.75, 3.05) is 38.7 Å². The molecule has 0 spiro atoms. The minimum Gasteiger partial charge on any atom is -0.484 e. The quantitative estimate of drug-likeness (QED) is 0.484. The fourth-order valence-corrected chi connectivity index (χ4v) is 4.09. The van der Waals surface area contributed by atoms with E-state index in [2.05, 4.69) is 23.7 Å². The van der Waals surface area contributed by atoms with E-state index in [-0.39, 0.29) is 18.3 Å². The molecule has 0 saturated carbocycles. The van der Waals surface area contributed by atoms with Gasteiger partial charge in [0.15, 0.2) is 11.7 Å². The molecular formula is C23H28FN3O2S. The predicted molar refractivity (Wildman–Crippen MR) is 121 cm³/mol. The van der Waals surface area contributed by atoms with Crippen molar-refractivity contribution in [3.8, 4) is 5.75 Å². The number of carbonyl (C=O) groups is 1. The van der Waals surface area contributed by atoms with Crippen LogP contribution in [0.25, 0.3) is 10.2 Å². The van der Waals surface area contributed by atoms with Gasteiger partial charge in [-0.2, -0.15) is 0 Å². The van der Waals surface area contributed by atoms with E-state index >= 15 is 0 Å². The lowest BCUT2D eigenvalue weighted by Crippen LogP contribution is -2.36. The molecule has 5 nitrogen and oxygen atoms in total. The molecule has 1 heterocycles. The summed E-state index contributed by atoms with van der Waals surface area (Å²) in [5.41, 5.74) is 1.52. The zero-order chi connectivity index (χ0) is 21.7. The van der Waals surface area contributed by atoms with Gasteiger partial charge < -0.3 is 9.64 Å². The molecule has 0 unspecified atom stereocenters. The second-order valence-corrected chi connectivity index (χ2v) is 8.81. The Morgan fingerprint density at radius 3 is 2.50 bits per heavy atom. The Hall–Kier alpha value is -2.51. The summed E-state index contributed by atoms with van der Waals surface area (Å²) in [6.45, 7) is 5.49. The number of aromatic nitrogens is 1. The van der Waals surface area contributed by atoms with Crippen molar-refractivity contribution >= 4 is 32.6 Å². The van der Waals surface area contributed by atoms with Crippen molar-refractivity contribution in [1.82, 2.24) is 9.88 Å². The van der Waals surface area contributed by atoms with Crippen LogP contribution in [-0.4, -0.2) is 49.6 Å². The number of hydrogen-bond acceptors (Lipinski definition) is 5. The van der Waals surface area contributed by atoms with Crippen molar-refractivity contribution in [3.05, 3.63) is 53.8 Å². The number of rotatable bonds is 9. The summed E-state index contributed by atoms with van der Waals surface area (Å²) in [6, 6.07) is 12.6. The maximum absolute atomic E-state index is 14.1. The van der Waals surface area contributed by atoms with E-state index in [4.69, 9.17) is 4.74 Å². The van der Waals surface area contributed by atoms with E-state index in [9.17, 15) is 9.18 Å². The summed E-state index contributed by atoms with van der Waals surface area (Å²) in [6.07, 6.45) is 0.778. The fraction of sp³-hybridized carbons (Fsp3) is 0.391. The molecule has 3 rings (SSSR count). The van der Waals surface area contributed by atoms with Crippen LogP contribution in [0.4, 0.5) is 9.52 Å². The highest BCUT2D eigenvalue weighted by Crippen LogP contribution is 2.30. The number of amides is 1. The Balaban J connectivity index is 1.74. The molecule has 0 bridgehead atoms. The van der Waals surface area contributed by atoms with Crippen LogP contribution in [0.5, 0.6) is 5.75 Å². The van der Waals surface area contributed by atoms with Crippen LogP contribution in [-0.2, 0) is 4.79 Å². The fourth-order valence-electron chi connectivity index (χ4n) is 3.06. The van der Waals surface area contributed by atoms with E-state index in [1.165, 1.54) is 23.0 Å². The molecule has 1 amide bonds. The van der Waals surface area contributed by atoms with Crippen molar-refractivity contribution in [1.29, 1.82) is 0 Å². The van der Waals surface area contributed by atoms with E-state index in [1.807, 2.05) is 44.4 Å². The summed E-state index contributed by atoms with van der Waals surface area (Å²) in [5, 5.41) is 0.498. The van der Waals surface area contributed by atoms with Gasteiger partial charge in [0.2, 0.25) is 0 Å². The highest BCUT2D eigenvalue weighted by molar-refractivity contribution is 7.22. The number of thiazole rings is 1. The summed E-state index contributed by atoms with van der Waals surface area (Å²) in [4.78, 5) is 21.1. The third kappa shape index (κ3) is 5.55. The molecule has 2 aromatic carbocycles. The first-order valence-electron chi connectivity index (χ1n) is 10.1. The topological polar surface area (TPSA) is 45.7 Å². The molecule has 0 saturated heterocycles. The van der Waals surface area contributed by atoms with Gasteiger partial charge in [0.05, 0.1) is 4.70 Å². The number of halogens is 1. The molecule has 0 aliphatic rings. The van der Waals surface area contributed by atoms with Gasteiger partial charge in [-0.25, -0.2) is 9.37 Å². The first-order chi connectivity index (χ1) is 14.3. The minimum absolute atomic E-state index is 0.0958. The molecule has 0 aliphatic carbocycles. The van der Waals surface area contributed by atoms with Crippen LogP contribution in [0.15, 0.2) is 42.5 Å². The van der Waals surface area contributed by atoms with E-state index < -0.39 is 0 Å². The number of fused-ring (bicyclic) bond motifs is 1. The van der Waals surface area contributed by atoms with Gasteiger partial charge in [0.25, 0.3) is 5.91 Å². The van der Waals surface area contributed by atoms with Crippen LogP contribution in [0.1, 0.15) is 31.7 Å². The zero-order valence-corrected chi connectivity index (χ0v) is 18.7. The van der Waals surface area contributed by atoms with E-state index in [1.54, 1.807) is 11.0 Å². The number of para-hydroxylation sites is 1. The maximum Gasteiger partial charge on any atom is 0.266 e. The maximum atomic E-state index is 14.1. The van der Waals surface area contributed by atoms with Crippen molar-refractivity contribution in [3.63, 3.8) is 0 Å². The lowest BCUT2D eigenvalue weighted by molar-refractivity contribution is -0.120. The average molecular weight is 430 g/mol. The number of anilines is 1. The average Bonchev–Trinajstić information content (AvgIpc) is 3.15. The normalized spacial score (nSPS) is 11.4. The van der Waals surface area contributed by atoms with Gasteiger partial charge in [-0.05, 0) is 62.8 Å². The van der Waals surface area contributed by atoms with Crippen molar-refractivity contribution < 1.29 is 13.9 Å². The Morgan fingerprint density at radius 1 is 1.13 bits per heavy atom. The number of benzene rings is 2. The summed E-state index contributed by atoms with van der Waals surface area (Å²) < 4.78 is 20.5. The Bertz CT molecular complexity index is 986. The summed E-state index contributed by atoms with van der Waals surface area (Å²) in [7, 11) is 3.98. The molecular weight excluding hydrogens is 401 g/mol. The lowest BCUT2D eigenvalue weighted by Gasteiger charge is -2.21. The summed E-state index contributed by atoms with van der Waals surface area (Å²) in [5.74, 6) is 0.516.